The lowest BCUT2D eigenvalue weighted by Gasteiger charge is -2.35. The minimum atomic E-state index is -1.80. The van der Waals surface area contributed by atoms with Gasteiger partial charge in [0.25, 0.3) is 0 Å². The Morgan fingerprint density at radius 1 is 1.04 bits per heavy atom. The fraction of sp³-hybridized carbons (Fsp3) is 0.395. The monoisotopic (exact) mass is 787 g/mol. The van der Waals surface area contributed by atoms with E-state index in [0.29, 0.717) is 34.4 Å². The van der Waals surface area contributed by atoms with E-state index in [4.69, 9.17) is 4.74 Å². The summed E-state index contributed by atoms with van der Waals surface area (Å²) in [5.74, 6) is -1.01. The highest BCUT2D eigenvalue weighted by Crippen LogP contribution is 2.38. The molecule has 1 amide bonds. The molecular weight excluding hydrogens is 741 g/mol. The van der Waals surface area contributed by atoms with E-state index in [1.807, 2.05) is 41.1 Å². The van der Waals surface area contributed by atoms with Crippen molar-refractivity contribution >= 4 is 51.3 Å². The number of anilines is 1. The van der Waals surface area contributed by atoms with Crippen molar-refractivity contribution < 1.29 is 39.1 Å². The number of fused-ring (bicyclic) bond motifs is 1. The summed E-state index contributed by atoms with van der Waals surface area (Å²) in [6.45, 7) is 3.43. The number of aromatic nitrogens is 2. The van der Waals surface area contributed by atoms with Gasteiger partial charge in [0.2, 0.25) is 11.5 Å². The number of ether oxygens (including phenoxy) is 1. The maximum Gasteiger partial charge on any atom is 0.349 e. The largest absolute Gasteiger partial charge is 0.506 e. The van der Waals surface area contributed by atoms with Crippen LogP contribution in [0.1, 0.15) is 66.0 Å². The number of carbonyl (C=O) groups excluding carboxylic acids is 2. The molecule has 3 heterocycles. The van der Waals surface area contributed by atoms with Crippen LogP contribution in [0.3, 0.4) is 0 Å². The molecule has 6 N–H and O–H groups in total. The normalized spacial score (nSPS) is 16.4. The Bertz CT molecular complexity index is 1990. The van der Waals surface area contributed by atoms with Gasteiger partial charge in [-0.2, -0.15) is 0 Å². The Morgan fingerprint density at radius 2 is 1.72 bits per heavy atom. The molecule has 1 atom stereocenters. The Labute approximate surface area is 319 Å². The molecular formula is C38H47F2N5O7S2. The van der Waals surface area contributed by atoms with Gasteiger partial charge in [0.05, 0.1) is 32.6 Å². The van der Waals surface area contributed by atoms with Crippen molar-refractivity contribution in [3.05, 3.63) is 103 Å². The molecule has 2 aromatic carbocycles. The number of hydrogen-bond acceptors (Lipinski definition) is 11. The molecule has 0 aliphatic heterocycles. The number of aryl methyl sites for hydroxylation is 1. The fourth-order valence-electron chi connectivity index (χ4n) is 6.86. The molecule has 1 aliphatic rings. The second kappa shape index (κ2) is 18.7. The quantitative estimate of drug-likeness (QED) is 0.0605. The van der Waals surface area contributed by atoms with Crippen LogP contribution in [-0.4, -0.2) is 73.9 Å². The van der Waals surface area contributed by atoms with E-state index in [0.717, 1.165) is 55.2 Å². The number of hydrogen-bond donors (Lipinski definition) is 6. The van der Waals surface area contributed by atoms with Crippen LogP contribution in [0.15, 0.2) is 76.2 Å². The number of nitrogens with one attached hydrogen (secondary N) is 3. The standard InChI is InChI=1S/C38H45N5O7S2.2FH/c1-24(44)40-30-21-26(9-15-32(30)45)33(46)23-39-22-25-8-14-31-29(20-25)41-37(48)43(31)17-5-16-42(2)27-10-12-28(13-11-27)50-36(47)38(49,34-6-3-18-51-34)35-7-4-19-52-35;;/h3-4,6-9,14-15,18-21,27-28,33,39,45-46,49H,5,10-13,16-17,22-23H2,1-2H3,(H,40,44)(H,41,48);2*1H/t27-,28-,33-;;/m0../s1. The van der Waals surface area contributed by atoms with E-state index in [9.17, 15) is 29.7 Å². The van der Waals surface area contributed by atoms with Gasteiger partial charge in [-0.15, -0.1) is 22.7 Å². The number of benzene rings is 2. The summed E-state index contributed by atoms with van der Waals surface area (Å²) < 4.78 is 7.69. The molecule has 54 heavy (non-hydrogen) atoms. The number of aliphatic hydroxyl groups is 2. The number of nitrogens with zero attached hydrogens (tertiary/aromatic N) is 2. The van der Waals surface area contributed by atoms with E-state index in [2.05, 4.69) is 27.6 Å². The number of esters is 1. The predicted octanol–water partition coefficient (Wildman–Crippen LogP) is 5.36. The average molecular weight is 788 g/mol. The van der Waals surface area contributed by atoms with Gasteiger partial charge in [0.15, 0.2) is 0 Å². The second-order valence-corrected chi connectivity index (χ2v) is 15.3. The van der Waals surface area contributed by atoms with E-state index in [1.54, 1.807) is 28.8 Å². The lowest BCUT2D eigenvalue weighted by Crippen LogP contribution is -2.42. The van der Waals surface area contributed by atoms with Crippen LogP contribution in [0.5, 0.6) is 5.75 Å². The van der Waals surface area contributed by atoms with Crippen molar-refractivity contribution in [2.45, 2.75) is 76.0 Å². The first kappa shape index (κ1) is 42.3. The number of amides is 1. The van der Waals surface area contributed by atoms with Crippen molar-refractivity contribution in [1.82, 2.24) is 19.8 Å². The molecule has 5 aromatic rings. The predicted molar refractivity (Wildman–Crippen MR) is 208 cm³/mol. The fourth-order valence-corrected chi connectivity index (χ4v) is 8.57. The maximum atomic E-state index is 13.4. The second-order valence-electron chi connectivity index (χ2n) is 13.4. The van der Waals surface area contributed by atoms with Gasteiger partial charge in [0.1, 0.15) is 11.9 Å². The van der Waals surface area contributed by atoms with Crippen molar-refractivity contribution in [2.75, 3.05) is 25.5 Å². The third-order valence-corrected chi connectivity index (χ3v) is 11.7. The van der Waals surface area contributed by atoms with Crippen LogP contribution in [0.25, 0.3) is 11.0 Å². The number of carbonyl (C=O) groups is 2. The molecule has 3 aromatic heterocycles. The number of aromatic amines is 1. The zero-order valence-electron chi connectivity index (χ0n) is 30.0. The molecule has 0 spiro atoms. The van der Waals surface area contributed by atoms with Crippen molar-refractivity contribution in [1.29, 1.82) is 0 Å². The van der Waals surface area contributed by atoms with Gasteiger partial charge in [-0.3, -0.25) is 18.8 Å². The van der Waals surface area contributed by atoms with Gasteiger partial charge in [-0.1, -0.05) is 24.3 Å². The molecule has 1 fully saturated rings. The van der Waals surface area contributed by atoms with Crippen molar-refractivity contribution in [3.8, 4) is 5.75 Å². The number of phenolic OH excluding ortho intramolecular Hbond substituents is 1. The minimum absolute atomic E-state index is 0. The van der Waals surface area contributed by atoms with Gasteiger partial charge in [-0.05, 0) is 104 Å². The number of aliphatic hydroxyl groups excluding tert-OH is 1. The minimum Gasteiger partial charge on any atom is -0.506 e. The smallest absolute Gasteiger partial charge is 0.349 e. The molecule has 0 bridgehead atoms. The zero-order chi connectivity index (χ0) is 36.8. The van der Waals surface area contributed by atoms with Crippen molar-refractivity contribution in [2.24, 2.45) is 0 Å². The van der Waals surface area contributed by atoms with Crippen LogP contribution < -0.4 is 16.3 Å². The Morgan fingerprint density at radius 3 is 2.35 bits per heavy atom. The van der Waals surface area contributed by atoms with Crippen LogP contribution in [0.4, 0.5) is 15.1 Å². The van der Waals surface area contributed by atoms with Gasteiger partial charge < -0.3 is 40.6 Å². The highest BCUT2D eigenvalue weighted by atomic mass is 32.1. The number of rotatable bonds is 15. The first-order valence-corrected chi connectivity index (χ1v) is 19.2. The summed E-state index contributed by atoms with van der Waals surface area (Å²) in [4.78, 5) is 44.1. The van der Waals surface area contributed by atoms with E-state index < -0.39 is 17.7 Å². The first-order valence-electron chi connectivity index (χ1n) is 17.4. The Kier molecular flexibility index (Phi) is 14.7. The molecule has 6 rings (SSSR count). The maximum absolute atomic E-state index is 13.4. The third-order valence-electron chi connectivity index (χ3n) is 9.71. The molecule has 0 unspecified atom stereocenters. The summed E-state index contributed by atoms with van der Waals surface area (Å²) in [7, 11) is 2.10. The molecule has 292 valence electrons. The summed E-state index contributed by atoms with van der Waals surface area (Å²) >= 11 is 2.67. The third kappa shape index (κ3) is 9.61. The molecule has 0 saturated heterocycles. The Hall–Kier alpha value is -4.45. The molecule has 1 aliphatic carbocycles. The number of thiophene rings is 2. The summed E-state index contributed by atoms with van der Waals surface area (Å²) in [6.07, 6.45) is 2.87. The highest BCUT2D eigenvalue weighted by Gasteiger charge is 2.45. The van der Waals surface area contributed by atoms with Gasteiger partial charge in [0, 0.05) is 32.6 Å². The summed E-state index contributed by atoms with van der Waals surface area (Å²) in [5.41, 5.74) is 1.37. The van der Waals surface area contributed by atoms with E-state index in [1.165, 1.54) is 35.7 Å². The lowest BCUT2D eigenvalue weighted by atomic mass is 9.91. The lowest BCUT2D eigenvalue weighted by molar-refractivity contribution is -0.169. The van der Waals surface area contributed by atoms with Gasteiger partial charge in [-0.25, -0.2) is 9.59 Å². The van der Waals surface area contributed by atoms with E-state index in [-0.39, 0.29) is 45.1 Å². The summed E-state index contributed by atoms with van der Waals surface area (Å²) in [5, 5.41) is 41.6. The number of phenols is 1. The SMILES string of the molecule is CC(=O)Nc1cc([C@@H](O)CNCc2ccc3c(c2)[nH]c(=O)n3CCCN(C)[C@H]2CC[C@H](OC(=O)C(O)(c3cccs3)c3cccs3)CC2)ccc1O.F.F. The Balaban J connectivity index is 0.00000325. The molecule has 12 nitrogen and oxygen atoms in total. The van der Waals surface area contributed by atoms with E-state index >= 15 is 0 Å². The highest BCUT2D eigenvalue weighted by molar-refractivity contribution is 7.12. The molecule has 1 saturated carbocycles. The number of halogens is 2. The number of H-pyrrole nitrogens is 1. The van der Waals surface area contributed by atoms with Gasteiger partial charge >= 0.3 is 11.7 Å². The topological polar surface area (TPSA) is 169 Å². The average Bonchev–Trinajstić information content (AvgIpc) is 3.92. The van der Waals surface area contributed by atoms with Crippen LogP contribution in [-0.2, 0) is 33.0 Å². The van der Waals surface area contributed by atoms with Crippen molar-refractivity contribution in [3.63, 3.8) is 0 Å². The van der Waals surface area contributed by atoms with Crippen LogP contribution >= 0.6 is 22.7 Å². The summed E-state index contributed by atoms with van der Waals surface area (Å²) in [6, 6.07) is 17.9. The first-order chi connectivity index (χ1) is 25.0. The number of aromatic hydroxyl groups is 1. The van der Waals surface area contributed by atoms with Crippen LogP contribution in [0, 0.1) is 0 Å². The van der Waals surface area contributed by atoms with Crippen LogP contribution in [0.2, 0.25) is 0 Å². The number of imidazole rings is 1. The molecule has 0 radical (unpaired) electrons. The molecule has 16 heteroatoms. The zero-order valence-corrected chi connectivity index (χ0v) is 31.7.